The normalized spacial score (nSPS) is 12.0. The van der Waals surface area contributed by atoms with Gasteiger partial charge >= 0.3 is 0 Å². The van der Waals surface area contributed by atoms with Gasteiger partial charge < -0.3 is 10.2 Å². The molecule has 1 atom stereocenters. The lowest BCUT2D eigenvalue weighted by Crippen LogP contribution is -2.47. The quantitative estimate of drug-likeness (QED) is 0.207. The van der Waals surface area contributed by atoms with Gasteiger partial charge in [-0.15, -0.1) is 11.3 Å². The Morgan fingerprint density at radius 1 is 0.950 bits per heavy atom. The number of fused-ring (bicyclic) bond motifs is 1. The molecule has 40 heavy (non-hydrogen) atoms. The largest absolute Gasteiger partial charge is 0.349 e. The van der Waals surface area contributed by atoms with Crippen LogP contribution >= 0.6 is 11.3 Å². The summed E-state index contributed by atoms with van der Waals surface area (Å²) in [6.07, 6.45) is 2.61. The van der Waals surface area contributed by atoms with Crippen molar-refractivity contribution in [1.29, 1.82) is 0 Å². The van der Waals surface area contributed by atoms with Gasteiger partial charge in [-0.1, -0.05) is 92.7 Å². The van der Waals surface area contributed by atoms with E-state index in [4.69, 9.17) is 0 Å². The van der Waals surface area contributed by atoms with Crippen molar-refractivity contribution < 1.29 is 9.59 Å². The molecule has 3 aromatic carbocycles. The van der Waals surface area contributed by atoms with Gasteiger partial charge in [0.25, 0.3) is 11.8 Å². The lowest BCUT2D eigenvalue weighted by atomic mass is 9.96. The van der Waals surface area contributed by atoms with E-state index in [1.807, 2.05) is 113 Å². The first kappa shape index (κ1) is 27.3. The minimum Gasteiger partial charge on any atom is -0.349 e. The number of hydrogen-bond acceptors (Lipinski definition) is 4. The molecule has 5 rings (SSSR count). The lowest BCUT2D eigenvalue weighted by molar-refractivity contribution is 0.0624. The molecule has 0 saturated carbocycles. The van der Waals surface area contributed by atoms with E-state index < -0.39 is 0 Å². The maximum Gasteiger partial charge on any atom is 0.270 e. The molecular weight excluding hydrogens is 516 g/mol. The van der Waals surface area contributed by atoms with Crippen LogP contribution in [0.5, 0.6) is 0 Å². The number of carbonyl (C=O) groups is 2. The molecule has 1 N–H and O–H groups in total. The molecule has 7 heteroatoms. The van der Waals surface area contributed by atoms with E-state index in [1.54, 1.807) is 0 Å². The molecule has 5 aromatic rings. The minimum atomic E-state index is -0.216. The molecular formula is C33H34N4O2S. The number of nitrogens with zero attached hydrogens (tertiary/aromatic N) is 3. The van der Waals surface area contributed by atoms with Gasteiger partial charge in [-0.3, -0.25) is 14.0 Å². The number of imidazole rings is 1. The van der Waals surface area contributed by atoms with Crippen LogP contribution in [0.4, 0.5) is 0 Å². The number of hydrogen-bond donors (Lipinski definition) is 1. The smallest absolute Gasteiger partial charge is 0.270 e. The van der Waals surface area contributed by atoms with E-state index in [2.05, 4.69) is 24.1 Å². The maximum atomic E-state index is 14.4. The summed E-state index contributed by atoms with van der Waals surface area (Å²) < 4.78 is 1.83. The van der Waals surface area contributed by atoms with Crippen molar-refractivity contribution >= 4 is 28.1 Å². The summed E-state index contributed by atoms with van der Waals surface area (Å²) in [6, 6.07) is 27.6. The Morgan fingerprint density at radius 2 is 1.62 bits per heavy atom. The molecule has 0 aliphatic carbocycles. The van der Waals surface area contributed by atoms with Gasteiger partial charge in [0, 0.05) is 36.3 Å². The fourth-order valence-electron chi connectivity index (χ4n) is 5.17. The Kier molecular flexibility index (Phi) is 8.41. The van der Waals surface area contributed by atoms with Crippen LogP contribution in [0.25, 0.3) is 16.1 Å². The number of aryl methyl sites for hydroxylation is 1. The SMILES string of the molecule is Cc1nc2sccn2c1C(=O)NCC(CC(C)C)N(Cc1ccccc1)C(=O)c1ccccc1-c1ccccc1. The molecule has 1 unspecified atom stereocenters. The lowest BCUT2D eigenvalue weighted by Gasteiger charge is -2.34. The molecule has 0 spiro atoms. The number of nitrogens with one attached hydrogen (secondary N) is 1. The molecule has 2 amide bonds. The zero-order valence-electron chi connectivity index (χ0n) is 23.1. The van der Waals surface area contributed by atoms with Gasteiger partial charge in [0.15, 0.2) is 4.96 Å². The topological polar surface area (TPSA) is 66.7 Å². The van der Waals surface area contributed by atoms with Crippen molar-refractivity contribution in [3.05, 3.63) is 119 Å². The highest BCUT2D eigenvalue weighted by atomic mass is 32.1. The van der Waals surface area contributed by atoms with Gasteiger partial charge in [-0.2, -0.15) is 0 Å². The second kappa shape index (κ2) is 12.3. The molecule has 0 fully saturated rings. The first-order valence-corrected chi connectivity index (χ1v) is 14.5. The van der Waals surface area contributed by atoms with Gasteiger partial charge in [-0.05, 0) is 42.0 Å². The van der Waals surface area contributed by atoms with E-state index in [9.17, 15) is 9.59 Å². The maximum absolute atomic E-state index is 14.4. The van der Waals surface area contributed by atoms with E-state index in [0.29, 0.717) is 36.0 Å². The van der Waals surface area contributed by atoms with Gasteiger partial charge in [0.1, 0.15) is 5.69 Å². The molecule has 0 radical (unpaired) electrons. The molecule has 0 aliphatic rings. The summed E-state index contributed by atoms with van der Waals surface area (Å²) in [5, 5.41) is 5.06. The number of rotatable bonds is 10. The van der Waals surface area contributed by atoms with Crippen molar-refractivity contribution in [2.75, 3.05) is 6.54 Å². The van der Waals surface area contributed by atoms with E-state index in [0.717, 1.165) is 28.1 Å². The zero-order valence-corrected chi connectivity index (χ0v) is 23.9. The van der Waals surface area contributed by atoms with E-state index >= 15 is 0 Å². The third-order valence-corrected chi connectivity index (χ3v) is 7.79. The molecule has 0 bridgehead atoms. The summed E-state index contributed by atoms with van der Waals surface area (Å²) >= 11 is 1.50. The van der Waals surface area contributed by atoms with E-state index in [-0.39, 0.29) is 17.9 Å². The molecule has 0 saturated heterocycles. The van der Waals surface area contributed by atoms with Crippen LogP contribution in [0.1, 0.15) is 52.4 Å². The Bertz CT molecular complexity index is 1590. The summed E-state index contributed by atoms with van der Waals surface area (Å²) in [5.74, 6) is 0.0792. The fraction of sp³-hybridized carbons (Fsp3) is 0.242. The van der Waals surface area contributed by atoms with Crippen molar-refractivity contribution in [3.63, 3.8) is 0 Å². The van der Waals surface area contributed by atoms with Crippen molar-refractivity contribution in [1.82, 2.24) is 19.6 Å². The van der Waals surface area contributed by atoms with Gasteiger partial charge in [0.05, 0.1) is 5.69 Å². The highest BCUT2D eigenvalue weighted by Crippen LogP contribution is 2.27. The van der Waals surface area contributed by atoms with Crippen LogP contribution in [0.3, 0.4) is 0 Å². The second-order valence-electron chi connectivity index (χ2n) is 10.4. The number of thiazole rings is 1. The van der Waals surface area contributed by atoms with Crippen molar-refractivity contribution in [2.24, 2.45) is 5.92 Å². The Morgan fingerprint density at radius 3 is 2.35 bits per heavy atom. The average Bonchev–Trinajstić information content (AvgIpc) is 3.54. The molecule has 6 nitrogen and oxygen atoms in total. The first-order valence-electron chi connectivity index (χ1n) is 13.6. The highest BCUT2D eigenvalue weighted by Gasteiger charge is 2.29. The van der Waals surface area contributed by atoms with Crippen LogP contribution in [-0.4, -0.2) is 38.7 Å². The van der Waals surface area contributed by atoms with E-state index in [1.165, 1.54) is 11.3 Å². The summed E-state index contributed by atoms with van der Waals surface area (Å²) in [4.78, 5) is 35.1. The Labute approximate surface area is 239 Å². The molecule has 204 valence electrons. The summed E-state index contributed by atoms with van der Waals surface area (Å²) in [5.41, 5.74) is 4.81. The van der Waals surface area contributed by atoms with Crippen molar-refractivity contribution in [3.8, 4) is 11.1 Å². The summed E-state index contributed by atoms with van der Waals surface area (Å²) in [7, 11) is 0. The number of benzene rings is 3. The van der Waals surface area contributed by atoms with Gasteiger partial charge in [0.2, 0.25) is 0 Å². The summed E-state index contributed by atoms with van der Waals surface area (Å²) in [6.45, 7) is 6.92. The first-order chi connectivity index (χ1) is 19.4. The second-order valence-corrected chi connectivity index (χ2v) is 11.3. The standard InChI is InChI=1S/C33H34N4O2S/c1-23(2)20-27(21-34-31(38)30-24(3)35-33-36(30)18-19-40-33)37(22-25-12-6-4-7-13-25)32(39)29-17-11-10-16-28(29)26-14-8-5-9-15-26/h4-19,23,27H,20-22H2,1-3H3,(H,34,38). The van der Waals surface area contributed by atoms with Crippen LogP contribution < -0.4 is 5.32 Å². The Hall–Kier alpha value is -4.23. The average molecular weight is 551 g/mol. The third-order valence-electron chi connectivity index (χ3n) is 7.03. The third kappa shape index (κ3) is 6.00. The van der Waals surface area contributed by atoms with Crippen LogP contribution in [-0.2, 0) is 6.54 Å². The zero-order chi connectivity index (χ0) is 28.1. The Balaban J connectivity index is 1.49. The van der Waals surface area contributed by atoms with Gasteiger partial charge in [-0.25, -0.2) is 4.98 Å². The van der Waals surface area contributed by atoms with Crippen LogP contribution in [0, 0.1) is 12.8 Å². The number of carbonyl (C=O) groups excluding carboxylic acids is 2. The predicted molar refractivity (Wildman–Crippen MR) is 162 cm³/mol. The monoisotopic (exact) mass is 550 g/mol. The predicted octanol–water partition coefficient (Wildman–Crippen LogP) is 6.86. The number of amides is 2. The molecule has 2 aromatic heterocycles. The number of aromatic nitrogens is 2. The van der Waals surface area contributed by atoms with Crippen molar-refractivity contribution in [2.45, 2.75) is 39.8 Å². The molecule has 0 aliphatic heterocycles. The fourth-order valence-corrected chi connectivity index (χ4v) is 5.93. The highest BCUT2D eigenvalue weighted by molar-refractivity contribution is 7.15. The minimum absolute atomic E-state index is 0.0519. The molecule has 2 heterocycles. The van der Waals surface area contributed by atoms with Crippen LogP contribution in [0.2, 0.25) is 0 Å². The van der Waals surface area contributed by atoms with Crippen LogP contribution in [0.15, 0.2) is 96.5 Å².